The van der Waals surface area contributed by atoms with Gasteiger partial charge in [-0.05, 0) is 5.92 Å². The van der Waals surface area contributed by atoms with E-state index in [1.807, 2.05) is 4.90 Å². The van der Waals surface area contributed by atoms with Crippen LogP contribution in [-0.4, -0.2) is 23.9 Å². The summed E-state index contributed by atoms with van der Waals surface area (Å²) in [5, 5.41) is 0. The molecule has 1 saturated heterocycles. The van der Waals surface area contributed by atoms with Crippen molar-refractivity contribution < 1.29 is 4.79 Å². The Morgan fingerprint density at radius 2 is 2.40 bits per heavy atom. The molecule has 1 unspecified atom stereocenters. The summed E-state index contributed by atoms with van der Waals surface area (Å²) in [6.45, 7) is 6.30. The smallest absolute Gasteiger partial charge is 0.224 e. The van der Waals surface area contributed by atoms with Crippen molar-refractivity contribution in [1.82, 2.24) is 4.90 Å². The maximum Gasteiger partial charge on any atom is 0.224 e. The van der Waals surface area contributed by atoms with Gasteiger partial charge in [0.25, 0.3) is 0 Å². The first-order valence-electron chi connectivity index (χ1n) is 4.01. The minimum Gasteiger partial charge on any atom is -0.342 e. The van der Waals surface area contributed by atoms with E-state index in [0.29, 0.717) is 11.8 Å². The number of rotatable bonds is 3. The summed E-state index contributed by atoms with van der Waals surface area (Å²) in [5.41, 5.74) is 0. The molecule has 0 aliphatic carbocycles. The zero-order chi connectivity index (χ0) is 7.56. The van der Waals surface area contributed by atoms with E-state index >= 15 is 0 Å². The Balaban J connectivity index is 2.19. The van der Waals surface area contributed by atoms with Gasteiger partial charge in [0, 0.05) is 19.5 Å². The highest BCUT2D eigenvalue weighted by atomic mass is 16.2. The minimum atomic E-state index is 0.334. The van der Waals surface area contributed by atoms with Crippen molar-refractivity contribution in [1.29, 1.82) is 0 Å². The Morgan fingerprint density at radius 1 is 1.70 bits per heavy atom. The van der Waals surface area contributed by atoms with Crippen LogP contribution in [0.1, 0.15) is 26.7 Å². The number of hydrogen-bond donors (Lipinski definition) is 0. The van der Waals surface area contributed by atoms with Crippen LogP contribution in [-0.2, 0) is 4.79 Å². The molecule has 0 aromatic rings. The van der Waals surface area contributed by atoms with Crippen molar-refractivity contribution in [3.8, 4) is 0 Å². The zero-order valence-corrected chi connectivity index (χ0v) is 6.76. The monoisotopic (exact) mass is 141 g/mol. The van der Waals surface area contributed by atoms with Crippen molar-refractivity contribution >= 4 is 5.91 Å². The van der Waals surface area contributed by atoms with Crippen LogP contribution in [0.3, 0.4) is 0 Å². The quantitative estimate of drug-likeness (QED) is 0.542. The molecule has 1 amide bonds. The topological polar surface area (TPSA) is 20.3 Å². The van der Waals surface area contributed by atoms with Crippen LogP contribution < -0.4 is 0 Å². The summed E-state index contributed by atoms with van der Waals surface area (Å²) in [6.07, 6.45) is 1.94. The van der Waals surface area contributed by atoms with Crippen molar-refractivity contribution in [2.75, 3.05) is 13.1 Å². The number of carbonyl (C=O) groups is 1. The maximum atomic E-state index is 10.8. The van der Waals surface area contributed by atoms with Gasteiger partial charge in [-0.15, -0.1) is 0 Å². The first kappa shape index (κ1) is 7.58. The molecule has 2 nitrogen and oxygen atoms in total. The van der Waals surface area contributed by atoms with Crippen molar-refractivity contribution in [2.45, 2.75) is 26.7 Å². The summed E-state index contributed by atoms with van der Waals surface area (Å²) >= 11 is 0. The van der Waals surface area contributed by atoms with Crippen molar-refractivity contribution in [2.24, 2.45) is 5.92 Å². The summed E-state index contributed by atoms with van der Waals surface area (Å²) in [4.78, 5) is 12.7. The summed E-state index contributed by atoms with van der Waals surface area (Å²) in [5.74, 6) is 1.00. The molecule has 1 aliphatic heterocycles. The Kier molecular flexibility index (Phi) is 2.30. The predicted octanol–water partition coefficient (Wildman–Crippen LogP) is 1.26. The Labute approximate surface area is 62.2 Å². The molecule has 1 heterocycles. The minimum absolute atomic E-state index is 0.334. The highest BCUT2D eigenvalue weighted by Crippen LogP contribution is 2.12. The summed E-state index contributed by atoms with van der Waals surface area (Å²) in [7, 11) is 0. The average molecular weight is 141 g/mol. The van der Waals surface area contributed by atoms with Crippen LogP contribution in [0.5, 0.6) is 0 Å². The lowest BCUT2D eigenvalue weighted by atomic mass is 10.1. The Bertz CT molecular complexity index is 133. The Morgan fingerprint density at radius 3 is 2.70 bits per heavy atom. The number of likely N-dealkylation sites (tertiary alicyclic amines) is 1. The van der Waals surface area contributed by atoms with E-state index in [9.17, 15) is 4.79 Å². The molecule has 10 heavy (non-hydrogen) atoms. The molecule has 1 aliphatic rings. The second-order valence-electron chi connectivity index (χ2n) is 3.10. The van der Waals surface area contributed by atoms with Gasteiger partial charge in [0.2, 0.25) is 5.91 Å². The largest absolute Gasteiger partial charge is 0.342 e. The van der Waals surface area contributed by atoms with Crippen LogP contribution in [0.15, 0.2) is 0 Å². The first-order chi connectivity index (χ1) is 4.74. The Hall–Kier alpha value is -0.530. The molecular weight excluding hydrogens is 126 g/mol. The van der Waals surface area contributed by atoms with Gasteiger partial charge in [0.1, 0.15) is 0 Å². The SMILES string of the molecule is CCC(C)CN1CCC1=O. The standard InChI is InChI=1S/C8H15NO/c1-3-7(2)6-9-5-4-8(9)10/h7H,3-6H2,1-2H3. The maximum absolute atomic E-state index is 10.8. The van der Waals surface area contributed by atoms with Crippen molar-refractivity contribution in [3.63, 3.8) is 0 Å². The number of β-lactam (4-membered cyclic amide) rings is 1. The molecule has 1 rings (SSSR count). The van der Waals surface area contributed by atoms with Crippen LogP contribution in [0.2, 0.25) is 0 Å². The molecule has 0 spiro atoms. The fourth-order valence-corrected chi connectivity index (χ4v) is 1.06. The van der Waals surface area contributed by atoms with Crippen LogP contribution in [0, 0.1) is 5.92 Å². The molecule has 2 heteroatoms. The van der Waals surface area contributed by atoms with E-state index < -0.39 is 0 Å². The molecular formula is C8H15NO. The predicted molar refractivity (Wildman–Crippen MR) is 40.7 cm³/mol. The second-order valence-corrected chi connectivity index (χ2v) is 3.10. The highest BCUT2D eigenvalue weighted by Gasteiger charge is 2.23. The molecule has 1 fully saturated rings. The molecule has 0 aromatic heterocycles. The molecule has 0 radical (unpaired) electrons. The third-order valence-corrected chi connectivity index (χ3v) is 2.18. The number of nitrogens with zero attached hydrogens (tertiary/aromatic N) is 1. The lowest BCUT2D eigenvalue weighted by Gasteiger charge is -2.32. The zero-order valence-electron chi connectivity index (χ0n) is 6.76. The van der Waals surface area contributed by atoms with Crippen LogP contribution >= 0.6 is 0 Å². The fourth-order valence-electron chi connectivity index (χ4n) is 1.06. The number of hydrogen-bond acceptors (Lipinski definition) is 1. The molecule has 0 aromatic carbocycles. The van der Waals surface area contributed by atoms with Crippen LogP contribution in [0.4, 0.5) is 0 Å². The normalized spacial score (nSPS) is 20.6. The summed E-state index contributed by atoms with van der Waals surface area (Å²) in [6, 6.07) is 0. The van der Waals surface area contributed by atoms with Gasteiger partial charge in [-0.1, -0.05) is 20.3 Å². The lowest BCUT2D eigenvalue weighted by molar-refractivity contribution is -0.140. The number of amides is 1. The third-order valence-electron chi connectivity index (χ3n) is 2.18. The molecule has 0 bridgehead atoms. The summed E-state index contributed by atoms with van der Waals surface area (Å²) < 4.78 is 0. The van der Waals surface area contributed by atoms with Gasteiger partial charge in [0.15, 0.2) is 0 Å². The highest BCUT2D eigenvalue weighted by molar-refractivity contribution is 5.81. The van der Waals surface area contributed by atoms with Gasteiger partial charge in [-0.3, -0.25) is 4.79 Å². The van der Waals surface area contributed by atoms with E-state index in [2.05, 4.69) is 13.8 Å². The second kappa shape index (κ2) is 3.04. The van der Waals surface area contributed by atoms with E-state index in [1.54, 1.807) is 0 Å². The van der Waals surface area contributed by atoms with Gasteiger partial charge in [0.05, 0.1) is 0 Å². The number of carbonyl (C=O) groups excluding carboxylic acids is 1. The van der Waals surface area contributed by atoms with E-state index in [-0.39, 0.29) is 0 Å². The average Bonchev–Trinajstić information content (AvgIpc) is 1.96. The van der Waals surface area contributed by atoms with Gasteiger partial charge in [-0.2, -0.15) is 0 Å². The molecule has 0 saturated carbocycles. The third kappa shape index (κ3) is 1.49. The molecule has 1 atom stereocenters. The molecule has 58 valence electrons. The molecule has 0 N–H and O–H groups in total. The van der Waals surface area contributed by atoms with Crippen LogP contribution in [0.25, 0.3) is 0 Å². The fraction of sp³-hybridized carbons (Fsp3) is 0.875. The van der Waals surface area contributed by atoms with Gasteiger partial charge in [-0.25, -0.2) is 0 Å². The van der Waals surface area contributed by atoms with Gasteiger partial charge < -0.3 is 4.90 Å². The van der Waals surface area contributed by atoms with Gasteiger partial charge >= 0.3 is 0 Å². The first-order valence-corrected chi connectivity index (χ1v) is 4.01. The lowest BCUT2D eigenvalue weighted by Crippen LogP contribution is -2.45. The van der Waals surface area contributed by atoms with E-state index in [4.69, 9.17) is 0 Å². The van der Waals surface area contributed by atoms with E-state index in [0.717, 1.165) is 19.5 Å². The van der Waals surface area contributed by atoms with E-state index in [1.165, 1.54) is 6.42 Å². The van der Waals surface area contributed by atoms with Crippen molar-refractivity contribution in [3.05, 3.63) is 0 Å².